The fourth-order valence-electron chi connectivity index (χ4n) is 4.35. The van der Waals surface area contributed by atoms with E-state index in [0.717, 1.165) is 29.7 Å². The standard InChI is InChI=1S/C27H27N3O4S/c1-3-34-26(32)23-24(17-9-5-4-6-10-17)29-27-30(25(23)20-11-7-8-12-21(20)33-2)19(16-35-27)15-22(31)28-18-13-14-18/h4-12,16,18,25H,3,13-15H2,1-2H3,(H,28,31)/t25-/m0/s1. The zero-order chi connectivity index (χ0) is 24.4. The first-order valence-corrected chi connectivity index (χ1v) is 12.6. The second-order valence-electron chi connectivity index (χ2n) is 8.50. The molecule has 1 fully saturated rings. The molecule has 2 aliphatic heterocycles. The Kier molecular flexibility index (Phi) is 6.63. The number of thioether (sulfide) groups is 1. The van der Waals surface area contributed by atoms with Crippen LogP contribution in [-0.2, 0) is 14.3 Å². The maximum absolute atomic E-state index is 13.5. The van der Waals surface area contributed by atoms with Gasteiger partial charge in [-0.05, 0) is 31.2 Å². The highest BCUT2D eigenvalue weighted by Gasteiger charge is 2.43. The molecule has 5 rings (SSSR count). The van der Waals surface area contributed by atoms with Gasteiger partial charge in [-0.15, -0.1) is 0 Å². The summed E-state index contributed by atoms with van der Waals surface area (Å²) in [5, 5.41) is 5.72. The van der Waals surface area contributed by atoms with Crippen molar-refractivity contribution < 1.29 is 19.1 Å². The van der Waals surface area contributed by atoms with Gasteiger partial charge in [-0.1, -0.05) is 60.3 Å². The molecule has 0 radical (unpaired) electrons. The lowest BCUT2D eigenvalue weighted by Crippen LogP contribution is -2.38. The van der Waals surface area contributed by atoms with Crippen molar-refractivity contribution in [2.75, 3.05) is 13.7 Å². The Balaban J connectivity index is 1.66. The molecule has 2 heterocycles. The molecule has 180 valence electrons. The normalized spacial score (nSPS) is 19.0. The summed E-state index contributed by atoms with van der Waals surface area (Å²) < 4.78 is 11.3. The summed E-state index contributed by atoms with van der Waals surface area (Å²) in [6, 6.07) is 17.0. The average molecular weight is 490 g/mol. The average Bonchev–Trinajstić information content (AvgIpc) is 3.61. The number of nitrogens with one attached hydrogen (secondary N) is 1. The van der Waals surface area contributed by atoms with E-state index >= 15 is 0 Å². The number of aliphatic imine (C=N–C) groups is 1. The third-order valence-electron chi connectivity index (χ3n) is 6.07. The lowest BCUT2D eigenvalue weighted by Gasteiger charge is -2.37. The van der Waals surface area contributed by atoms with Crippen LogP contribution < -0.4 is 10.1 Å². The minimum atomic E-state index is -0.567. The van der Waals surface area contributed by atoms with E-state index in [-0.39, 0.29) is 25.0 Å². The Labute approximate surface area is 208 Å². The molecule has 0 spiro atoms. The van der Waals surface area contributed by atoms with Gasteiger partial charge in [0, 0.05) is 22.9 Å². The second-order valence-corrected chi connectivity index (χ2v) is 9.34. The van der Waals surface area contributed by atoms with E-state index in [4.69, 9.17) is 14.5 Å². The number of carbonyl (C=O) groups excluding carboxylic acids is 2. The molecular weight excluding hydrogens is 462 g/mol. The monoisotopic (exact) mass is 489 g/mol. The number of para-hydroxylation sites is 1. The van der Waals surface area contributed by atoms with Crippen molar-refractivity contribution >= 4 is 34.5 Å². The highest BCUT2D eigenvalue weighted by molar-refractivity contribution is 8.16. The first-order chi connectivity index (χ1) is 17.1. The van der Waals surface area contributed by atoms with Crippen molar-refractivity contribution in [1.82, 2.24) is 10.2 Å². The van der Waals surface area contributed by atoms with Crippen LogP contribution in [0.5, 0.6) is 5.75 Å². The van der Waals surface area contributed by atoms with Crippen LogP contribution in [0.2, 0.25) is 0 Å². The first-order valence-electron chi connectivity index (χ1n) is 11.7. The Morgan fingerprint density at radius 2 is 1.86 bits per heavy atom. The van der Waals surface area contributed by atoms with E-state index in [1.54, 1.807) is 14.0 Å². The maximum atomic E-state index is 13.5. The Morgan fingerprint density at radius 3 is 2.57 bits per heavy atom. The van der Waals surface area contributed by atoms with E-state index in [2.05, 4.69) is 5.32 Å². The van der Waals surface area contributed by atoms with Crippen LogP contribution in [0.3, 0.4) is 0 Å². The van der Waals surface area contributed by atoms with Gasteiger partial charge < -0.3 is 19.7 Å². The zero-order valence-electron chi connectivity index (χ0n) is 19.7. The summed E-state index contributed by atoms with van der Waals surface area (Å²) in [5.41, 5.74) is 3.40. The maximum Gasteiger partial charge on any atom is 0.338 e. The molecule has 0 unspecified atom stereocenters. The molecule has 3 aliphatic rings. The minimum Gasteiger partial charge on any atom is -0.496 e. The molecule has 7 nitrogen and oxygen atoms in total. The third-order valence-corrected chi connectivity index (χ3v) is 6.96. The third kappa shape index (κ3) is 4.71. The van der Waals surface area contributed by atoms with Crippen molar-refractivity contribution in [3.63, 3.8) is 0 Å². The Morgan fingerprint density at radius 1 is 1.11 bits per heavy atom. The van der Waals surface area contributed by atoms with Gasteiger partial charge in [-0.2, -0.15) is 0 Å². The highest BCUT2D eigenvalue weighted by Crippen LogP contribution is 2.48. The Hall–Kier alpha value is -3.52. The van der Waals surface area contributed by atoms with Crippen LogP contribution in [0.15, 0.2) is 76.3 Å². The summed E-state index contributed by atoms with van der Waals surface area (Å²) in [6.45, 7) is 2.02. The van der Waals surface area contributed by atoms with Gasteiger partial charge in [0.05, 0.1) is 37.4 Å². The fraction of sp³-hybridized carbons (Fsp3) is 0.296. The zero-order valence-corrected chi connectivity index (χ0v) is 20.5. The molecule has 1 N–H and O–H groups in total. The predicted octanol–water partition coefficient (Wildman–Crippen LogP) is 4.64. The van der Waals surface area contributed by atoms with Crippen molar-refractivity contribution in [2.45, 2.75) is 38.3 Å². The molecule has 1 aliphatic carbocycles. The van der Waals surface area contributed by atoms with E-state index < -0.39 is 12.0 Å². The minimum absolute atomic E-state index is 0.0325. The number of amidine groups is 1. The van der Waals surface area contributed by atoms with Crippen LogP contribution in [0.25, 0.3) is 5.70 Å². The van der Waals surface area contributed by atoms with Crippen molar-refractivity contribution in [3.05, 3.63) is 82.4 Å². The van der Waals surface area contributed by atoms with Crippen LogP contribution >= 0.6 is 11.8 Å². The van der Waals surface area contributed by atoms with Gasteiger partial charge in [-0.25, -0.2) is 9.79 Å². The van der Waals surface area contributed by atoms with Gasteiger partial charge in [0.15, 0.2) is 5.17 Å². The van der Waals surface area contributed by atoms with Gasteiger partial charge in [0.25, 0.3) is 0 Å². The van der Waals surface area contributed by atoms with Gasteiger partial charge in [0.2, 0.25) is 5.91 Å². The number of carbonyl (C=O) groups is 2. The van der Waals surface area contributed by atoms with Crippen molar-refractivity contribution in [3.8, 4) is 5.75 Å². The predicted molar refractivity (Wildman–Crippen MR) is 136 cm³/mol. The summed E-state index contributed by atoms with van der Waals surface area (Å²) in [7, 11) is 1.61. The first kappa shape index (κ1) is 23.2. The molecule has 2 aromatic carbocycles. The topological polar surface area (TPSA) is 80.2 Å². The van der Waals surface area contributed by atoms with E-state index in [0.29, 0.717) is 22.2 Å². The second kappa shape index (κ2) is 10.00. The molecule has 0 saturated heterocycles. The van der Waals surface area contributed by atoms with Crippen LogP contribution in [0, 0.1) is 0 Å². The summed E-state index contributed by atoms with van der Waals surface area (Å²) in [6.07, 6.45) is 2.25. The van der Waals surface area contributed by atoms with E-state index in [1.807, 2.05) is 64.9 Å². The number of hydrogen-bond donors (Lipinski definition) is 1. The van der Waals surface area contributed by atoms with Crippen LogP contribution in [-0.4, -0.2) is 41.7 Å². The Bertz CT molecular complexity index is 1230. The number of amides is 1. The van der Waals surface area contributed by atoms with Crippen LogP contribution in [0.1, 0.15) is 43.4 Å². The van der Waals surface area contributed by atoms with Gasteiger partial charge >= 0.3 is 5.97 Å². The number of esters is 1. The number of rotatable bonds is 8. The molecule has 0 bridgehead atoms. The number of nitrogens with zero attached hydrogens (tertiary/aromatic N) is 2. The SMILES string of the molecule is CCOC(=O)C1=C(c2ccccc2)N=C2SC=C(CC(=O)NC3CC3)N2[C@H]1c1ccccc1OC. The fourth-order valence-corrected chi connectivity index (χ4v) is 5.26. The molecule has 8 heteroatoms. The molecule has 0 aromatic heterocycles. The quantitative estimate of drug-likeness (QED) is 0.544. The number of hydrogen-bond acceptors (Lipinski definition) is 7. The van der Waals surface area contributed by atoms with E-state index in [9.17, 15) is 9.59 Å². The lowest BCUT2D eigenvalue weighted by atomic mass is 9.91. The summed E-state index contributed by atoms with van der Waals surface area (Å²) in [5.74, 6) is 0.172. The lowest BCUT2D eigenvalue weighted by molar-refractivity contribution is -0.139. The number of benzene rings is 2. The molecule has 1 amide bonds. The number of ether oxygens (including phenoxy) is 2. The summed E-state index contributed by atoms with van der Waals surface area (Å²) in [4.78, 5) is 33.2. The highest BCUT2D eigenvalue weighted by atomic mass is 32.2. The van der Waals surface area contributed by atoms with Crippen LogP contribution in [0.4, 0.5) is 0 Å². The molecule has 1 atom stereocenters. The smallest absolute Gasteiger partial charge is 0.338 e. The molecular formula is C27H27N3O4S. The molecule has 1 saturated carbocycles. The van der Waals surface area contributed by atoms with Gasteiger partial charge in [0.1, 0.15) is 5.75 Å². The largest absolute Gasteiger partial charge is 0.496 e. The molecule has 2 aromatic rings. The summed E-state index contributed by atoms with van der Waals surface area (Å²) >= 11 is 1.46. The van der Waals surface area contributed by atoms with Crippen molar-refractivity contribution in [1.29, 1.82) is 0 Å². The number of fused-ring (bicyclic) bond motifs is 1. The van der Waals surface area contributed by atoms with Gasteiger partial charge in [-0.3, -0.25) is 4.79 Å². The van der Waals surface area contributed by atoms with Crippen molar-refractivity contribution in [2.24, 2.45) is 4.99 Å². The van der Waals surface area contributed by atoms with E-state index in [1.165, 1.54) is 11.8 Å². The molecule has 35 heavy (non-hydrogen) atoms. The number of methoxy groups -OCH3 is 1.